The maximum Gasteiger partial charge on any atom is 0.0877 e. The van der Waals surface area contributed by atoms with Crippen LogP contribution in [0, 0.1) is 5.41 Å². The highest BCUT2D eigenvalue weighted by atomic mass is 16.3. The molecule has 0 saturated carbocycles. The summed E-state index contributed by atoms with van der Waals surface area (Å²) >= 11 is 0. The topological polar surface area (TPSA) is 23.5 Å². The van der Waals surface area contributed by atoms with E-state index in [9.17, 15) is 5.11 Å². The molecule has 14 heavy (non-hydrogen) atoms. The Balaban J connectivity index is 2.52. The lowest BCUT2D eigenvalue weighted by molar-refractivity contribution is 0.0486. The predicted molar refractivity (Wildman–Crippen MR) is 58.5 cm³/mol. The van der Waals surface area contributed by atoms with Crippen LogP contribution >= 0.6 is 0 Å². The molecule has 0 fully saturated rings. The Morgan fingerprint density at radius 1 is 1.36 bits per heavy atom. The molecule has 0 amide bonds. The summed E-state index contributed by atoms with van der Waals surface area (Å²) in [5, 5.41) is 10.2. The second-order valence-electron chi connectivity index (χ2n) is 4.81. The summed E-state index contributed by atoms with van der Waals surface area (Å²) in [5.41, 5.74) is 2.13. The Morgan fingerprint density at radius 2 is 2.00 bits per heavy atom. The van der Waals surface area contributed by atoms with Crippen molar-refractivity contribution in [3.8, 4) is 0 Å². The van der Waals surface area contributed by atoms with E-state index in [0.29, 0.717) is 0 Å². The Hall–Kier alpha value is -1.02. The molecule has 1 aromatic rings. The fourth-order valence-corrected chi connectivity index (χ4v) is 2.27. The van der Waals surface area contributed by atoms with Crippen molar-refractivity contribution in [2.75, 3.05) is 18.5 Å². The Bertz CT molecular complexity index is 346. The van der Waals surface area contributed by atoms with Crippen molar-refractivity contribution in [1.29, 1.82) is 0 Å². The molecule has 1 aliphatic heterocycles. The van der Waals surface area contributed by atoms with E-state index in [1.165, 1.54) is 0 Å². The van der Waals surface area contributed by atoms with Gasteiger partial charge in [-0.05, 0) is 6.07 Å². The van der Waals surface area contributed by atoms with E-state index >= 15 is 0 Å². The number of benzene rings is 1. The van der Waals surface area contributed by atoms with Crippen molar-refractivity contribution >= 4 is 5.69 Å². The van der Waals surface area contributed by atoms with Crippen LogP contribution in [0.25, 0.3) is 0 Å². The predicted octanol–water partition coefficient (Wildman–Crippen LogP) is 2.20. The van der Waals surface area contributed by atoms with E-state index in [2.05, 4.69) is 31.9 Å². The van der Waals surface area contributed by atoms with Gasteiger partial charge in [0.1, 0.15) is 0 Å². The molecule has 1 heterocycles. The van der Waals surface area contributed by atoms with Gasteiger partial charge in [-0.3, -0.25) is 0 Å². The Kier molecular flexibility index (Phi) is 2.04. The quantitative estimate of drug-likeness (QED) is 0.679. The van der Waals surface area contributed by atoms with Crippen LogP contribution in [0.1, 0.15) is 25.5 Å². The second kappa shape index (κ2) is 2.99. The zero-order valence-electron chi connectivity index (χ0n) is 8.99. The van der Waals surface area contributed by atoms with Crippen molar-refractivity contribution in [2.24, 2.45) is 5.41 Å². The van der Waals surface area contributed by atoms with Crippen LogP contribution < -0.4 is 4.90 Å². The number of rotatable bonds is 0. The number of nitrogens with zero attached hydrogens (tertiary/aromatic N) is 1. The molecule has 0 spiro atoms. The number of para-hydroxylation sites is 1. The zero-order chi connectivity index (χ0) is 10.3. The van der Waals surface area contributed by atoms with Crippen LogP contribution in [0.15, 0.2) is 24.3 Å². The lowest BCUT2D eigenvalue weighted by Gasteiger charge is -2.42. The first kappa shape index (κ1) is 9.53. The van der Waals surface area contributed by atoms with Gasteiger partial charge in [0.2, 0.25) is 0 Å². The first-order valence-corrected chi connectivity index (χ1v) is 5.00. The summed E-state index contributed by atoms with van der Waals surface area (Å²) in [7, 11) is 2.08. The molecular weight excluding hydrogens is 174 g/mol. The molecule has 0 aromatic heterocycles. The number of hydrogen-bond acceptors (Lipinski definition) is 2. The lowest BCUT2D eigenvalue weighted by Crippen LogP contribution is -2.41. The number of aliphatic hydroxyl groups is 1. The third kappa shape index (κ3) is 1.30. The maximum absolute atomic E-state index is 10.2. The van der Waals surface area contributed by atoms with Crippen LogP contribution in [0.2, 0.25) is 0 Å². The SMILES string of the molecule is CN1CC(C)(C)C(O)c2ccccc21. The summed E-state index contributed by atoms with van der Waals surface area (Å²) < 4.78 is 0. The summed E-state index contributed by atoms with van der Waals surface area (Å²) in [6.07, 6.45) is -0.352. The highest BCUT2D eigenvalue weighted by molar-refractivity contribution is 5.56. The van der Waals surface area contributed by atoms with Gasteiger partial charge in [0.15, 0.2) is 0 Å². The van der Waals surface area contributed by atoms with E-state index in [4.69, 9.17) is 0 Å². The van der Waals surface area contributed by atoms with Crippen molar-refractivity contribution in [1.82, 2.24) is 0 Å². The molecule has 1 N–H and O–H groups in total. The van der Waals surface area contributed by atoms with Crippen LogP contribution in [0.5, 0.6) is 0 Å². The van der Waals surface area contributed by atoms with Crippen molar-refractivity contribution in [2.45, 2.75) is 20.0 Å². The van der Waals surface area contributed by atoms with Crippen LogP contribution in [0.3, 0.4) is 0 Å². The number of fused-ring (bicyclic) bond motifs is 1. The van der Waals surface area contributed by atoms with Gasteiger partial charge >= 0.3 is 0 Å². The minimum absolute atomic E-state index is 0.0664. The third-order valence-corrected chi connectivity index (χ3v) is 3.03. The van der Waals surface area contributed by atoms with Gasteiger partial charge in [-0.1, -0.05) is 32.0 Å². The van der Waals surface area contributed by atoms with E-state index in [-0.39, 0.29) is 11.5 Å². The summed E-state index contributed by atoms with van der Waals surface area (Å²) in [6, 6.07) is 8.07. The third-order valence-electron chi connectivity index (χ3n) is 3.03. The zero-order valence-corrected chi connectivity index (χ0v) is 8.99. The lowest BCUT2D eigenvalue weighted by atomic mass is 9.78. The minimum atomic E-state index is -0.352. The Labute approximate surface area is 85.2 Å². The average molecular weight is 191 g/mol. The maximum atomic E-state index is 10.2. The highest BCUT2D eigenvalue weighted by Gasteiger charge is 2.36. The molecule has 0 aliphatic carbocycles. The number of anilines is 1. The smallest absolute Gasteiger partial charge is 0.0877 e. The monoisotopic (exact) mass is 191 g/mol. The summed E-state index contributed by atoms with van der Waals surface area (Å²) in [4.78, 5) is 2.21. The molecule has 1 atom stereocenters. The van der Waals surface area contributed by atoms with Crippen molar-refractivity contribution in [3.05, 3.63) is 29.8 Å². The van der Waals surface area contributed by atoms with E-state index < -0.39 is 0 Å². The molecule has 1 aliphatic rings. The van der Waals surface area contributed by atoms with Crippen molar-refractivity contribution in [3.63, 3.8) is 0 Å². The Morgan fingerprint density at radius 3 is 2.71 bits per heavy atom. The van der Waals surface area contributed by atoms with E-state index in [1.807, 2.05) is 18.2 Å². The van der Waals surface area contributed by atoms with Crippen LogP contribution in [-0.2, 0) is 0 Å². The highest BCUT2D eigenvalue weighted by Crippen LogP contribution is 2.43. The van der Waals surface area contributed by atoms with Gasteiger partial charge in [0, 0.05) is 30.3 Å². The molecule has 0 bridgehead atoms. The molecule has 76 valence electrons. The molecule has 2 rings (SSSR count). The van der Waals surface area contributed by atoms with Crippen molar-refractivity contribution < 1.29 is 5.11 Å². The standard InChI is InChI=1S/C12H17NO/c1-12(2)8-13(3)10-7-5-4-6-9(10)11(12)14/h4-7,11,14H,8H2,1-3H3. The second-order valence-corrected chi connectivity index (χ2v) is 4.81. The normalized spacial score (nSPS) is 24.6. The molecule has 2 nitrogen and oxygen atoms in total. The molecule has 0 saturated heterocycles. The van der Waals surface area contributed by atoms with E-state index in [0.717, 1.165) is 17.8 Å². The average Bonchev–Trinajstić information content (AvgIpc) is 2.14. The van der Waals surface area contributed by atoms with Gasteiger partial charge in [0.05, 0.1) is 6.10 Å². The van der Waals surface area contributed by atoms with Crippen LogP contribution in [-0.4, -0.2) is 18.7 Å². The summed E-state index contributed by atoms with van der Waals surface area (Å²) in [6.45, 7) is 5.10. The first-order valence-electron chi connectivity index (χ1n) is 5.00. The minimum Gasteiger partial charge on any atom is -0.388 e. The fraction of sp³-hybridized carbons (Fsp3) is 0.500. The van der Waals surface area contributed by atoms with Gasteiger partial charge in [-0.25, -0.2) is 0 Å². The first-order chi connectivity index (χ1) is 6.52. The number of aliphatic hydroxyl groups excluding tert-OH is 1. The van der Waals surface area contributed by atoms with Gasteiger partial charge in [0.25, 0.3) is 0 Å². The molecule has 2 heteroatoms. The van der Waals surface area contributed by atoms with Crippen LogP contribution in [0.4, 0.5) is 5.69 Å². The van der Waals surface area contributed by atoms with Gasteiger partial charge in [-0.2, -0.15) is 0 Å². The molecule has 0 radical (unpaired) electrons. The number of hydrogen-bond donors (Lipinski definition) is 1. The fourth-order valence-electron chi connectivity index (χ4n) is 2.27. The molecular formula is C12H17NO. The van der Waals surface area contributed by atoms with Gasteiger partial charge in [-0.15, -0.1) is 0 Å². The van der Waals surface area contributed by atoms with E-state index in [1.54, 1.807) is 0 Å². The largest absolute Gasteiger partial charge is 0.388 e. The summed E-state index contributed by atoms with van der Waals surface area (Å²) in [5.74, 6) is 0. The molecule has 1 unspecified atom stereocenters. The van der Waals surface area contributed by atoms with Gasteiger partial charge < -0.3 is 10.0 Å². The molecule has 1 aromatic carbocycles.